The molecule has 0 aromatic carbocycles. The summed E-state index contributed by atoms with van der Waals surface area (Å²) in [6, 6.07) is 5.22. The van der Waals surface area contributed by atoms with Crippen LogP contribution in [0.4, 0.5) is 0 Å². The predicted molar refractivity (Wildman–Crippen MR) is 84.5 cm³/mol. The molecule has 2 rings (SSSR count). The third-order valence-electron chi connectivity index (χ3n) is 4.35. The number of aromatic nitrogens is 1. The highest BCUT2D eigenvalue weighted by Gasteiger charge is 2.22. The van der Waals surface area contributed by atoms with Crippen molar-refractivity contribution in [2.24, 2.45) is 5.92 Å². The van der Waals surface area contributed by atoms with Gasteiger partial charge in [0.05, 0.1) is 0 Å². The summed E-state index contributed by atoms with van der Waals surface area (Å²) in [7, 11) is 0. The molecule has 0 spiro atoms. The summed E-state index contributed by atoms with van der Waals surface area (Å²) in [4.78, 5) is 26.7. The number of nitriles is 1. The van der Waals surface area contributed by atoms with Crippen LogP contribution >= 0.6 is 0 Å². The van der Waals surface area contributed by atoms with Crippen LogP contribution in [-0.2, 0) is 11.3 Å². The second-order valence-electron chi connectivity index (χ2n) is 6.39. The van der Waals surface area contributed by atoms with E-state index in [0.29, 0.717) is 5.92 Å². The summed E-state index contributed by atoms with van der Waals surface area (Å²) in [5.41, 5.74) is 0.514. The molecule has 0 bridgehead atoms. The van der Waals surface area contributed by atoms with E-state index in [1.165, 1.54) is 4.57 Å². The Labute approximate surface area is 131 Å². The maximum absolute atomic E-state index is 12.5. The first-order valence-electron chi connectivity index (χ1n) is 7.85. The van der Waals surface area contributed by atoms with Crippen molar-refractivity contribution in [2.45, 2.75) is 46.1 Å². The van der Waals surface area contributed by atoms with Gasteiger partial charge in [-0.1, -0.05) is 20.8 Å². The molecule has 1 aliphatic heterocycles. The standard InChI is InChI=1S/C17H23N3O2/c1-12(2)15-5-4-14(10-18)17(22)20(15)11-16(21)19-8-6-13(3)7-9-19/h4-5,12-13H,6-9,11H2,1-3H3. The number of rotatable bonds is 3. The molecule has 1 amide bonds. The van der Waals surface area contributed by atoms with E-state index in [1.54, 1.807) is 12.1 Å². The largest absolute Gasteiger partial charge is 0.341 e. The average Bonchev–Trinajstić information content (AvgIpc) is 2.49. The number of pyridine rings is 1. The fourth-order valence-electron chi connectivity index (χ4n) is 2.84. The average molecular weight is 301 g/mol. The zero-order chi connectivity index (χ0) is 16.3. The van der Waals surface area contributed by atoms with E-state index in [0.717, 1.165) is 31.6 Å². The molecule has 0 N–H and O–H groups in total. The zero-order valence-corrected chi connectivity index (χ0v) is 13.5. The SMILES string of the molecule is CC1CCN(C(=O)Cn2c(C(C)C)ccc(C#N)c2=O)CC1. The predicted octanol–water partition coefficient (Wildman–Crippen LogP) is 2.10. The third-order valence-corrected chi connectivity index (χ3v) is 4.35. The number of hydrogen-bond donors (Lipinski definition) is 0. The summed E-state index contributed by atoms with van der Waals surface area (Å²) in [6.45, 7) is 7.68. The highest BCUT2D eigenvalue weighted by molar-refractivity contribution is 5.76. The number of amides is 1. The number of nitrogens with zero attached hydrogens (tertiary/aromatic N) is 3. The van der Waals surface area contributed by atoms with E-state index in [4.69, 9.17) is 5.26 Å². The molecular formula is C17H23N3O2. The maximum Gasteiger partial charge on any atom is 0.269 e. The van der Waals surface area contributed by atoms with Crippen molar-refractivity contribution in [1.82, 2.24) is 9.47 Å². The zero-order valence-electron chi connectivity index (χ0n) is 13.5. The fourth-order valence-corrected chi connectivity index (χ4v) is 2.84. The molecule has 1 aromatic heterocycles. The van der Waals surface area contributed by atoms with Crippen molar-refractivity contribution in [3.63, 3.8) is 0 Å². The molecule has 1 fully saturated rings. The van der Waals surface area contributed by atoms with Gasteiger partial charge >= 0.3 is 0 Å². The second kappa shape index (κ2) is 6.78. The van der Waals surface area contributed by atoms with Crippen LogP contribution in [0.15, 0.2) is 16.9 Å². The Morgan fingerprint density at radius 2 is 2.00 bits per heavy atom. The molecule has 0 saturated carbocycles. The lowest BCUT2D eigenvalue weighted by atomic mass is 9.99. The number of carbonyl (C=O) groups excluding carboxylic acids is 1. The van der Waals surface area contributed by atoms with Gasteiger partial charge in [0.2, 0.25) is 5.91 Å². The molecule has 0 radical (unpaired) electrons. The van der Waals surface area contributed by atoms with Crippen molar-refractivity contribution in [2.75, 3.05) is 13.1 Å². The van der Waals surface area contributed by atoms with Crippen molar-refractivity contribution < 1.29 is 4.79 Å². The molecule has 1 aromatic rings. The van der Waals surface area contributed by atoms with Crippen LogP contribution < -0.4 is 5.56 Å². The van der Waals surface area contributed by atoms with E-state index >= 15 is 0 Å². The van der Waals surface area contributed by atoms with Gasteiger partial charge in [-0.3, -0.25) is 9.59 Å². The summed E-state index contributed by atoms with van der Waals surface area (Å²) in [5.74, 6) is 0.737. The Morgan fingerprint density at radius 1 is 1.36 bits per heavy atom. The van der Waals surface area contributed by atoms with Crippen molar-refractivity contribution in [3.05, 3.63) is 33.7 Å². The van der Waals surface area contributed by atoms with E-state index in [9.17, 15) is 9.59 Å². The molecule has 5 heteroatoms. The minimum absolute atomic E-state index is 0.0241. The van der Waals surface area contributed by atoms with E-state index in [-0.39, 0.29) is 29.5 Å². The van der Waals surface area contributed by atoms with Crippen LogP contribution in [0.5, 0.6) is 0 Å². The summed E-state index contributed by atoms with van der Waals surface area (Å²) < 4.78 is 1.46. The molecule has 1 saturated heterocycles. The fraction of sp³-hybridized carbons (Fsp3) is 0.588. The van der Waals surface area contributed by atoms with Crippen LogP contribution in [0.3, 0.4) is 0 Å². The minimum atomic E-state index is -0.368. The van der Waals surface area contributed by atoms with Crippen LogP contribution in [0.2, 0.25) is 0 Å². The molecule has 22 heavy (non-hydrogen) atoms. The molecule has 1 aliphatic rings. The van der Waals surface area contributed by atoms with E-state index in [1.807, 2.05) is 24.8 Å². The lowest BCUT2D eigenvalue weighted by Gasteiger charge is -2.31. The normalized spacial score (nSPS) is 15.9. The lowest BCUT2D eigenvalue weighted by molar-refractivity contribution is -0.133. The molecule has 0 aliphatic carbocycles. The van der Waals surface area contributed by atoms with Crippen LogP contribution in [0, 0.1) is 17.2 Å². The Kier molecular flexibility index (Phi) is 5.02. The monoisotopic (exact) mass is 301 g/mol. The number of hydrogen-bond acceptors (Lipinski definition) is 3. The van der Waals surface area contributed by atoms with Crippen molar-refractivity contribution in [3.8, 4) is 6.07 Å². The Balaban J connectivity index is 2.26. The highest BCUT2D eigenvalue weighted by atomic mass is 16.2. The van der Waals surface area contributed by atoms with Gasteiger partial charge in [0.1, 0.15) is 18.2 Å². The Hall–Kier alpha value is -2.09. The molecular weight excluding hydrogens is 278 g/mol. The first-order valence-corrected chi connectivity index (χ1v) is 7.85. The molecule has 2 heterocycles. The lowest BCUT2D eigenvalue weighted by Crippen LogP contribution is -2.42. The molecule has 0 unspecified atom stereocenters. The Morgan fingerprint density at radius 3 is 2.55 bits per heavy atom. The van der Waals surface area contributed by atoms with Gasteiger partial charge in [0, 0.05) is 18.8 Å². The molecule has 0 atom stereocenters. The maximum atomic E-state index is 12.5. The van der Waals surface area contributed by atoms with Crippen LogP contribution in [0.1, 0.15) is 50.8 Å². The summed E-state index contributed by atoms with van der Waals surface area (Å²) >= 11 is 0. The van der Waals surface area contributed by atoms with Gasteiger partial charge in [-0.2, -0.15) is 5.26 Å². The van der Waals surface area contributed by atoms with Gasteiger partial charge in [0.15, 0.2) is 0 Å². The van der Waals surface area contributed by atoms with Gasteiger partial charge < -0.3 is 9.47 Å². The summed E-state index contributed by atoms with van der Waals surface area (Å²) in [6.07, 6.45) is 2.02. The Bertz CT molecular complexity index is 647. The number of piperidine rings is 1. The van der Waals surface area contributed by atoms with Crippen molar-refractivity contribution >= 4 is 5.91 Å². The van der Waals surface area contributed by atoms with Gasteiger partial charge in [-0.05, 0) is 36.8 Å². The number of carbonyl (C=O) groups is 1. The smallest absolute Gasteiger partial charge is 0.269 e. The van der Waals surface area contributed by atoms with Crippen molar-refractivity contribution in [1.29, 1.82) is 5.26 Å². The van der Waals surface area contributed by atoms with Crippen LogP contribution in [-0.4, -0.2) is 28.5 Å². The molecule has 5 nitrogen and oxygen atoms in total. The second-order valence-corrected chi connectivity index (χ2v) is 6.39. The van der Waals surface area contributed by atoms with E-state index < -0.39 is 0 Å². The van der Waals surface area contributed by atoms with Crippen LogP contribution in [0.25, 0.3) is 0 Å². The van der Waals surface area contributed by atoms with Gasteiger partial charge in [0.25, 0.3) is 5.56 Å². The van der Waals surface area contributed by atoms with Gasteiger partial charge in [-0.15, -0.1) is 0 Å². The first-order chi connectivity index (χ1) is 10.4. The third kappa shape index (κ3) is 3.38. The number of likely N-dealkylation sites (tertiary alicyclic amines) is 1. The topological polar surface area (TPSA) is 66.1 Å². The highest BCUT2D eigenvalue weighted by Crippen LogP contribution is 2.17. The quantitative estimate of drug-likeness (QED) is 0.858. The molecule has 118 valence electrons. The minimum Gasteiger partial charge on any atom is -0.341 e. The van der Waals surface area contributed by atoms with E-state index in [2.05, 4.69) is 6.92 Å². The first kappa shape index (κ1) is 16.3. The summed E-state index contributed by atoms with van der Waals surface area (Å²) in [5, 5.41) is 9.03. The van der Waals surface area contributed by atoms with Gasteiger partial charge in [-0.25, -0.2) is 0 Å².